The second kappa shape index (κ2) is 6.44. The van der Waals surface area contributed by atoms with Crippen molar-refractivity contribution in [1.82, 2.24) is 4.90 Å². The Bertz CT molecular complexity index is 218. The summed E-state index contributed by atoms with van der Waals surface area (Å²) in [6, 6.07) is 0. The lowest BCUT2D eigenvalue weighted by Crippen LogP contribution is -2.34. The van der Waals surface area contributed by atoms with Crippen molar-refractivity contribution in [2.24, 2.45) is 11.8 Å². The molecule has 0 aromatic carbocycles. The molecule has 3 nitrogen and oxygen atoms in total. The molecule has 0 aliphatic heterocycles. The summed E-state index contributed by atoms with van der Waals surface area (Å²) in [6.45, 7) is 7.78. The second-order valence-corrected chi connectivity index (χ2v) is 4.03. The Morgan fingerprint density at radius 1 is 1.43 bits per heavy atom. The van der Waals surface area contributed by atoms with E-state index >= 15 is 0 Å². The third kappa shape index (κ3) is 5.60. The molecule has 0 fully saturated rings. The number of hydrogen-bond donors (Lipinski definition) is 1. The normalized spacial score (nSPS) is 12.9. The summed E-state index contributed by atoms with van der Waals surface area (Å²) in [5.41, 5.74) is 0. The van der Waals surface area contributed by atoms with E-state index in [1.165, 1.54) is 0 Å². The smallest absolute Gasteiger partial charge is 0.307 e. The van der Waals surface area contributed by atoms with Gasteiger partial charge < -0.3 is 5.11 Å². The second-order valence-electron chi connectivity index (χ2n) is 4.03. The quantitative estimate of drug-likeness (QED) is 0.652. The molecular weight excluding hydrogens is 178 g/mol. The van der Waals surface area contributed by atoms with Crippen LogP contribution in [0.1, 0.15) is 20.8 Å². The van der Waals surface area contributed by atoms with Crippen LogP contribution in [0.2, 0.25) is 0 Å². The van der Waals surface area contributed by atoms with Crippen molar-refractivity contribution in [3.63, 3.8) is 0 Å². The highest BCUT2D eigenvalue weighted by Crippen LogP contribution is 2.03. The summed E-state index contributed by atoms with van der Waals surface area (Å²) in [5.74, 6) is 1.93. The Morgan fingerprint density at radius 2 is 2.00 bits per heavy atom. The van der Waals surface area contributed by atoms with Crippen LogP contribution >= 0.6 is 0 Å². The first-order chi connectivity index (χ1) is 6.47. The van der Waals surface area contributed by atoms with Gasteiger partial charge in [-0.25, -0.2) is 0 Å². The highest BCUT2D eigenvalue weighted by Gasteiger charge is 2.15. The summed E-state index contributed by atoms with van der Waals surface area (Å²) in [4.78, 5) is 12.6. The largest absolute Gasteiger partial charge is 0.481 e. The van der Waals surface area contributed by atoms with Gasteiger partial charge in [0.1, 0.15) is 0 Å². The Morgan fingerprint density at radius 3 is 2.36 bits per heavy atom. The van der Waals surface area contributed by atoms with E-state index in [1.54, 1.807) is 6.92 Å². The van der Waals surface area contributed by atoms with Crippen LogP contribution in [-0.4, -0.2) is 35.6 Å². The van der Waals surface area contributed by atoms with E-state index in [1.807, 2.05) is 4.90 Å². The monoisotopic (exact) mass is 197 g/mol. The summed E-state index contributed by atoms with van der Waals surface area (Å²) in [5, 5.41) is 8.75. The molecule has 0 rings (SSSR count). The molecule has 1 unspecified atom stereocenters. The fourth-order valence-corrected chi connectivity index (χ4v) is 1.31. The van der Waals surface area contributed by atoms with Crippen molar-refractivity contribution in [2.45, 2.75) is 20.8 Å². The fourth-order valence-electron chi connectivity index (χ4n) is 1.31. The van der Waals surface area contributed by atoms with Crippen LogP contribution in [0.3, 0.4) is 0 Å². The fraction of sp³-hybridized carbons (Fsp3) is 0.727. The van der Waals surface area contributed by atoms with Crippen LogP contribution in [0.25, 0.3) is 0 Å². The highest BCUT2D eigenvalue weighted by molar-refractivity contribution is 5.69. The first kappa shape index (κ1) is 13.0. The molecule has 0 saturated heterocycles. The maximum atomic E-state index is 10.6. The molecule has 0 amide bonds. The van der Waals surface area contributed by atoms with Crippen LogP contribution < -0.4 is 0 Å². The van der Waals surface area contributed by atoms with Crippen LogP contribution in [0.4, 0.5) is 0 Å². The van der Waals surface area contributed by atoms with Gasteiger partial charge >= 0.3 is 5.97 Å². The lowest BCUT2D eigenvalue weighted by Gasteiger charge is -2.23. The van der Waals surface area contributed by atoms with Crippen molar-refractivity contribution in [2.75, 3.05) is 19.6 Å². The van der Waals surface area contributed by atoms with Crippen molar-refractivity contribution >= 4 is 5.97 Å². The van der Waals surface area contributed by atoms with Gasteiger partial charge in [0, 0.05) is 13.1 Å². The van der Waals surface area contributed by atoms with Crippen molar-refractivity contribution < 1.29 is 9.90 Å². The molecule has 0 aliphatic rings. The zero-order chi connectivity index (χ0) is 11.1. The average Bonchev–Trinajstić information content (AvgIpc) is 2.02. The molecule has 80 valence electrons. The topological polar surface area (TPSA) is 40.5 Å². The number of hydrogen-bond acceptors (Lipinski definition) is 2. The Labute approximate surface area is 86.1 Å². The number of carbonyl (C=O) groups is 1. The molecule has 0 aromatic rings. The van der Waals surface area contributed by atoms with Gasteiger partial charge in [0.05, 0.1) is 12.5 Å². The molecule has 0 saturated carbocycles. The van der Waals surface area contributed by atoms with E-state index in [2.05, 4.69) is 19.8 Å². The summed E-state index contributed by atoms with van der Waals surface area (Å²) in [6.07, 6.45) is 5.22. The highest BCUT2D eigenvalue weighted by atomic mass is 16.4. The third-order valence-electron chi connectivity index (χ3n) is 1.89. The lowest BCUT2D eigenvalue weighted by atomic mass is 10.1. The van der Waals surface area contributed by atoms with Gasteiger partial charge in [-0.2, -0.15) is 0 Å². The summed E-state index contributed by atoms with van der Waals surface area (Å²) in [7, 11) is 0. The van der Waals surface area contributed by atoms with Gasteiger partial charge in [-0.15, -0.1) is 6.42 Å². The van der Waals surface area contributed by atoms with Crippen LogP contribution in [0.15, 0.2) is 0 Å². The molecular formula is C11H19NO2. The molecule has 14 heavy (non-hydrogen) atoms. The zero-order valence-electron chi connectivity index (χ0n) is 9.16. The Hall–Kier alpha value is -1.01. The van der Waals surface area contributed by atoms with E-state index in [4.69, 9.17) is 11.5 Å². The molecule has 0 spiro atoms. The Balaban J connectivity index is 4.09. The van der Waals surface area contributed by atoms with Gasteiger partial charge in [0.15, 0.2) is 0 Å². The standard InChI is InChI=1S/C11H19NO2/c1-5-6-12(7-9(2)3)8-10(4)11(13)14/h1,9-10H,6-8H2,2-4H3,(H,13,14). The maximum absolute atomic E-state index is 10.6. The average molecular weight is 197 g/mol. The minimum Gasteiger partial charge on any atom is -0.481 e. The molecule has 0 heterocycles. The van der Waals surface area contributed by atoms with Gasteiger partial charge in [-0.3, -0.25) is 9.69 Å². The zero-order valence-corrected chi connectivity index (χ0v) is 9.16. The lowest BCUT2D eigenvalue weighted by molar-refractivity contribution is -0.141. The number of carboxylic acids is 1. The number of terminal acetylenes is 1. The van der Waals surface area contributed by atoms with E-state index in [0.29, 0.717) is 19.0 Å². The Kier molecular flexibility index (Phi) is 5.98. The molecule has 0 aliphatic carbocycles. The van der Waals surface area contributed by atoms with Crippen LogP contribution in [-0.2, 0) is 4.79 Å². The molecule has 3 heteroatoms. The number of nitrogens with zero attached hydrogens (tertiary/aromatic N) is 1. The molecule has 0 radical (unpaired) electrons. The summed E-state index contributed by atoms with van der Waals surface area (Å²) >= 11 is 0. The van der Waals surface area contributed by atoms with Gasteiger partial charge in [-0.05, 0) is 5.92 Å². The van der Waals surface area contributed by atoms with Crippen molar-refractivity contribution in [3.05, 3.63) is 0 Å². The minimum absolute atomic E-state index is 0.359. The first-order valence-electron chi connectivity index (χ1n) is 4.86. The van der Waals surface area contributed by atoms with Crippen molar-refractivity contribution in [1.29, 1.82) is 0 Å². The van der Waals surface area contributed by atoms with Crippen LogP contribution in [0.5, 0.6) is 0 Å². The maximum Gasteiger partial charge on any atom is 0.307 e. The SMILES string of the molecule is C#CCN(CC(C)C)CC(C)C(=O)O. The molecule has 1 atom stereocenters. The van der Waals surface area contributed by atoms with Gasteiger partial charge in [0.25, 0.3) is 0 Å². The number of carboxylic acid groups (broad SMARTS) is 1. The van der Waals surface area contributed by atoms with E-state index in [-0.39, 0.29) is 5.92 Å². The van der Waals surface area contributed by atoms with E-state index in [0.717, 1.165) is 6.54 Å². The van der Waals surface area contributed by atoms with Crippen LogP contribution in [0, 0.1) is 24.2 Å². The molecule has 0 bridgehead atoms. The van der Waals surface area contributed by atoms with E-state index < -0.39 is 5.97 Å². The predicted molar refractivity (Wildman–Crippen MR) is 56.9 cm³/mol. The van der Waals surface area contributed by atoms with Crippen molar-refractivity contribution in [3.8, 4) is 12.3 Å². The van der Waals surface area contributed by atoms with E-state index in [9.17, 15) is 4.79 Å². The number of aliphatic carboxylic acids is 1. The molecule has 0 aromatic heterocycles. The number of rotatable bonds is 6. The predicted octanol–water partition coefficient (Wildman–Crippen LogP) is 1.30. The van der Waals surface area contributed by atoms with Gasteiger partial charge in [0.2, 0.25) is 0 Å². The van der Waals surface area contributed by atoms with Gasteiger partial charge in [-0.1, -0.05) is 26.7 Å². The third-order valence-corrected chi connectivity index (χ3v) is 1.89. The molecule has 1 N–H and O–H groups in total. The first-order valence-corrected chi connectivity index (χ1v) is 4.86. The summed E-state index contributed by atoms with van der Waals surface area (Å²) < 4.78 is 0. The minimum atomic E-state index is -0.768.